The molecule has 5 nitrogen and oxygen atoms in total. The molecule has 0 aliphatic heterocycles. The second-order valence-corrected chi connectivity index (χ2v) is 7.46. The number of hydrogen-bond acceptors (Lipinski definition) is 4. The number of hydrogen-bond donors (Lipinski definition) is 2. The van der Waals surface area contributed by atoms with Gasteiger partial charge in [0.25, 0.3) is 0 Å². The standard InChI is InChI=1S/C8H18N2O3S3/c1-3-7(8(9)14)16(12,13)10-5-6-15(11)4-2/h7,10H,3-6H2,1-2H3,(H2,9,14). The van der Waals surface area contributed by atoms with Gasteiger partial charge in [-0.25, -0.2) is 13.1 Å². The minimum atomic E-state index is -3.53. The van der Waals surface area contributed by atoms with Crippen LogP contribution in [0.4, 0.5) is 0 Å². The summed E-state index contributed by atoms with van der Waals surface area (Å²) in [6.07, 6.45) is 0.335. The third kappa shape index (κ3) is 5.33. The first-order valence-corrected chi connectivity index (χ1v) is 8.42. The van der Waals surface area contributed by atoms with Crippen LogP contribution in [0.5, 0.6) is 0 Å². The maximum Gasteiger partial charge on any atom is 0.221 e. The van der Waals surface area contributed by atoms with Crippen LogP contribution < -0.4 is 10.5 Å². The Bertz CT molecular complexity index is 354. The van der Waals surface area contributed by atoms with Crippen molar-refractivity contribution in [3.63, 3.8) is 0 Å². The Balaban J connectivity index is 4.35. The average Bonchev–Trinajstić information content (AvgIpc) is 2.16. The Kier molecular flexibility index (Phi) is 7.29. The van der Waals surface area contributed by atoms with Gasteiger partial charge in [-0.2, -0.15) is 0 Å². The molecule has 0 aromatic heterocycles. The van der Waals surface area contributed by atoms with Crippen molar-refractivity contribution in [2.75, 3.05) is 18.1 Å². The van der Waals surface area contributed by atoms with Gasteiger partial charge in [-0.1, -0.05) is 26.1 Å². The van der Waals surface area contributed by atoms with Crippen LogP contribution in [-0.2, 0) is 20.8 Å². The molecule has 0 aliphatic rings. The number of nitrogens with two attached hydrogens (primary N) is 1. The molecule has 0 aromatic rings. The van der Waals surface area contributed by atoms with E-state index in [2.05, 4.69) is 16.9 Å². The summed E-state index contributed by atoms with van der Waals surface area (Å²) < 4.78 is 36.9. The highest BCUT2D eigenvalue weighted by Gasteiger charge is 2.25. The zero-order valence-electron chi connectivity index (χ0n) is 9.43. The van der Waals surface area contributed by atoms with Crippen molar-refractivity contribution >= 4 is 38.0 Å². The first-order chi connectivity index (χ1) is 7.35. The molecule has 8 heteroatoms. The Morgan fingerprint density at radius 3 is 2.44 bits per heavy atom. The molecular weight excluding hydrogens is 268 g/mol. The minimum absolute atomic E-state index is 0.0355. The van der Waals surface area contributed by atoms with Crippen molar-refractivity contribution in [3.05, 3.63) is 0 Å². The highest BCUT2D eigenvalue weighted by atomic mass is 32.2. The smallest absolute Gasteiger partial charge is 0.221 e. The van der Waals surface area contributed by atoms with Crippen LogP contribution in [0.3, 0.4) is 0 Å². The molecule has 3 N–H and O–H groups in total. The van der Waals surface area contributed by atoms with Crippen molar-refractivity contribution in [1.29, 1.82) is 0 Å². The van der Waals surface area contributed by atoms with Crippen LogP contribution in [0.2, 0.25) is 0 Å². The van der Waals surface area contributed by atoms with Gasteiger partial charge in [0.15, 0.2) is 0 Å². The van der Waals surface area contributed by atoms with Gasteiger partial charge in [0, 0.05) is 28.9 Å². The SMILES string of the molecule is CCC(C(N)=S)S(=O)(=O)NCCS(=O)CC. The molecule has 2 unspecified atom stereocenters. The van der Waals surface area contributed by atoms with Crippen LogP contribution in [0.15, 0.2) is 0 Å². The summed E-state index contributed by atoms with van der Waals surface area (Å²) in [5.74, 6) is 0.831. The molecule has 96 valence electrons. The van der Waals surface area contributed by atoms with Crippen molar-refractivity contribution in [3.8, 4) is 0 Å². The summed E-state index contributed by atoms with van der Waals surface area (Å²) in [5, 5.41) is -0.849. The van der Waals surface area contributed by atoms with Gasteiger partial charge in [-0.3, -0.25) is 4.21 Å². The third-order valence-electron chi connectivity index (χ3n) is 2.02. The van der Waals surface area contributed by atoms with E-state index < -0.39 is 26.1 Å². The van der Waals surface area contributed by atoms with E-state index in [-0.39, 0.29) is 11.5 Å². The normalized spacial score (nSPS) is 15.6. The lowest BCUT2D eigenvalue weighted by Crippen LogP contribution is -2.42. The van der Waals surface area contributed by atoms with E-state index in [4.69, 9.17) is 5.73 Å². The fourth-order valence-corrected chi connectivity index (χ4v) is 3.74. The molecule has 0 aliphatic carbocycles. The fourth-order valence-electron chi connectivity index (χ4n) is 1.12. The molecule has 16 heavy (non-hydrogen) atoms. The van der Waals surface area contributed by atoms with Gasteiger partial charge in [0.1, 0.15) is 5.25 Å². The number of rotatable bonds is 8. The summed E-state index contributed by atoms with van der Waals surface area (Å²) in [5.41, 5.74) is 5.34. The molecule has 0 bridgehead atoms. The molecule has 0 aromatic carbocycles. The predicted octanol–water partition coefficient (Wildman–Crippen LogP) is -0.261. The zero-order chi connectivity index (χ0) is 12.8. The molecule has 0 fully saturated rings. The maximum absolute atomic E-state index is 11.7. The first kappa shape index (κ1) is 16.0. The Labute approximate surface area is 105 Å². The van der Waals surface area contributed by atoms with Crippen molar-refractivity contribution < 1.29 is 12.6 Å². The van der Waals surface area contributed by atoms with Crippen LogP contribution in [-0.4, -0.2) is 40.9 Å². The molecule has 0 spiro atoms. The van der Waals surface area contributed by atoms with Crippen molar-refractivity contribution in [2.24, 2.45) is 5.73 Å². The molecule has 0 saturated carbocycles. The second kappa shape index (κ2) is 7.31. The zero-order valence-corrected chi connectivity index (χ0v) is 11.9. The van der Waals surface area contributed by atoms with Crippen LogP contribution in [0.1, 0.15) is 20.3 Å². The number of sulfonamides is 1. The molecule has 0 rings (SSSR count). The highest BCUT2D eigenvalue weighted by Crippen LogP contribution is 2.04. The van der Waals surface area contributed by atoms with Gasteiger partial charge in [-0.05, 0) is 6.42 Å². The Morgan fingerprint density at radius 1 is 1.50 bits per heavy atom. The summed E-state index contributed by atoms with van der Waals surface area (Å²) in [6, 6.07) is 0. The largest absolute Gasteiger partial charge is 0.392 e. The van der Waals surface area contributed by atoms with Gasteiger partial charge in [-0.15, -0.1) is 0 Å². The molecule has 0 radical (unpaired) electrons. The van der Waals surface area contributed by atoms with Crippen molar-refractivity contribution in [2.45, 2.75) is 25.5 Å². The lowest BCUT2D eigenvalue weighted by molar-refractivity contribution is 0.577. The monoisotopic (exact) mass is 286 g/mol. The van der Waals surface area contributed by atoms with Crippen molar-refractivity contribution in [1.82, 2.24) is 4.72 Å². The van der Waals surface area contributed by atoms with Crippen LogP contribution in [0.25, 0.3) is 0 Å². The third-order valence-corrected chi connectivity index (χ3v) is 5.70. The Morgan fingerprint density at radius 2 is 2.06 bits per heavy atom. The summed E-state index contributed by atoms with van der Waals surface area (Å²) >= 11 is 4.69. The van der Waals surface area contributed by atoms with Crippen LogP contribution >= 0.6 is 12.2 Å². The van der Waals surface area contributed by atoms with E-state index in [1.165, 1.54) is 0 Å². The molecular formula is C8H18N2O3S3. The lowest BCUT2D eigenvalue weighted by Gasteiger charge is -2.14. The quantitative estimate of drug-likeness (QED) is 0.600. The fraction of sp³-hybridized carbons (Fsp3) is 0.875. The van der Waals surface area contributed by atoms with E-state index in [1.54, 1.807) is 13.8 Å². The van der Waals surface area contributed by atoms with E-state index in [1.807, 2.05) is 0 Å². The van der Waals surface area contributed by atoms with Gasteiger partial charge >= 0.3 is 0 Å². The summed E-state index contributed by atoms with van der Waals surface area (Å²) in [7, 11) is -4.50. The van der Waals surface area contributed by atoms with E-state index in [9.17, 15) is 12.6 Å². The van der Waals surface area contributed by atoms with Gasteiger partial charge < -0.3 is 5.73 Å². The number of nitrogens with one attached hydrogen (secondary N) is 1. The summed E-state index contributed by atoms with van der Waals surface area (Å²) in [4.78, 5) is -0.0355. The average molecular weight is 286 g/mol. The highest BCUT2D eigenvalue weighted by molar-refractivity contribution is 7.93. The maximum atomic E-state index is 11.7. The van der Waals surface area contributed by atoms with E-state index >= 15 is 0 Å². The predicted molar refractivity (Wildman–Crippen MR) is 71.3 cm³/mol. The van der Waals surface area contributed by atoms with Crippen LogP contribution in [0, 0.1) is 0 Å². The Hall–Kier alpha value is -0.0500. The van der Waals surface area contributed by atoms with Gasteiger partial charge in [0.2, 0.25) is 10.0 Å². The number of thiocarbonyl (C=S) groups is 1. The second-order valence-electron chi connectivity index (χ2n) is 3.17. The first-order valence-electron chi connectivity index (χ1n) is 4.97. The van der Waals surface area contributed by atoms with E-state index in [0.29, 0.717) is 17.9 Å². The molecule has 0 saturated heterocycles. The van der Waals surface area contributed by atoms with E-state index in [0.717, 1.165) is 0 Å². The molecule has 2 atom stereocenters. The topological polar surface area (TPSA) is 89.3 Å². The molecule has 0 amide bonds. The summed E-state index contributed by atoms with van der Waals surface area (Å²) in [6.45, 7) is 3.64. The lowest BCUT2D eigenvalue weighted by atomic mass is 10.3. The van der Waals surface area contributed by atoms with Gasteiger partial charge in [0.05, 0.1) is 4.99 Å². The minimum Gasteiger partial charge on any atom is -0.392 e. The molecule has 0 heterocycles.